The van der Waals surface area contributed by atoms with Gasteiger partial charge in [-0.1, -0.05) is 0 Å². The summed E-state index contributed by atoms with van der Waals surface area (Å²) in [7, 11) is 0. The van der Waals surface area contributed by atoms with Crippen LogP contribution in [0.2, 0.25) is 17.1 Å². The third-order valence-electron chi connectivity index (χ3n) is 0. The van der Waals surface area contributed by atoms with E-state index >= 15 is 0 Å². The second-order valence-electron chi connectivity index (χ2n) is 1.34. The fraction of sp³-hybridized carbons (Fsp3) is 1.00. The van der Waals surface area contributed by atoms with Crippen molar-refractivity contribution >= 4 is 38.6 Å². The third-order valence-corrected chi connectivity index (χ3v) is 0. The second-order valence-corrected chi connectivity index (χ2v) is 6.97. The average molecular weight is 248 g/mol. The second kappa shape index (κ2) is 5.29. The molecule has 0 saturated carbocycles. The Balaban J connectivity index is 0. The van der Waals surface area contributed by atoms with E-state index < -0.39 is 0 Å². The zero-order valence-corrected chi connectivity index (χ0v) is 8.06. The van der Waals surface area contributed by atoms with Gasteiger partial charge < -0.3 is 0 Å². The molecule has 34 valence electrons. The van der Waals surface area contributed by atoms with Gasteiger partial charge in [0.15, 0.2) is 0 Å². The minimum Gasteiger partial charge on any atom is -0.107 e. The molecule has 0 bridgehead atoms. The van der Waals surface area contributed by atoms with Crippen LogP contribution in [0.25, 0.3) is 0 Å². The first-order valence-corrected chi connectivity index (χ1v) is 6.97. The van der Waals surface area contributed by atoms with Crippen molar-refractivity contribution < 1.29 is 0 Å². The minimum absolute atomic E-state index is 0. The van der Waals surface area contributed by atoms with Crippen molar-refractivity contribution in [1.29, 1.82) is 0 Å². The van der Waals surface area contributed by atoms with Gasteiger partial charge in [0.25, 0.3) is 0 Å². The number of halogens is 1. The fourth-order valence-corrected chi connectivity index (χ4v) is 0. The summed E-state index contributed by atoms with van der Waals surface area (Å²) in [5, 5.41) is 0. The summed E-state index contributed by atoms with van der Waals surface area (Å²) in [5.41, 5.74) is 6.94. The Kier molecular flexibility index (Phi) is 10.1. The molecule has 0 aromatic heterocycles. The summed E-state index contributed by atoms with van der Waals surface area (Å²) in [6, 6.07) is 0. The largest absolute Gasteiger partial charge is 0.107 e. The zero-order valence-electron chi connectivity index (χ0n) is 3.86. The fourth-order valence-electron chi connectivity index (χ4n) is 0. The molecule has 0 spiro atoms. The molecular weight excluding hydrogens is 238 g/mol. The number of hydrogen-bond donors (Lipinski definition) is 0. The Morgan fingerprint density at radius 1 is 1.00 bits per heavy atom. The summed E-state index contributed by atoms with van der Waals surface area (Å²) in [6.07, 6.45) is 0. The van der Waals surface area contributed by atoms with Crippen LogP contribution in [0.5, 0.6) is 0 Å². The molecule has 0 aliphatic rings. The normalized spacial score (nSPS) is 7.20. The molecule has 0 aromatic carbocycles. The van der Waals surface area contributed by atoms with E-state index in [9.17, 15) is 0 Å². The topological polar surface area (TPSA) is 0 Å². The Bertz CT molecular complexity index is 11.6. The van der Waals surface area contributed by atoms with E-state index in [2.05, 4.69) is 17.1 Å². The van der Waals surface area contributed by atoms with Crippen molar-refractivity contribution in [3.8, 4) is 0 Å². The molecule has 2 heteroatoms. The summed E-state index contributed by atoms with van der Waals surface area (Å²) < 4.78 is 0. The van der Waals surface area contributed by atoms with Crippen LogP contribution in [0.4, 0.5) is 0 Å². The monoisotopic (exact) mass is 248 g/mol. The maximum atomic E-state index is 2.31. The van der Waals surface area contributed by atoms with Crippen molar-refractivity contribution in [2.45, 2.75) is 17.1 Å². The molecule has 0 heterocycles. The molecule has 0 rings (SSSR count). The van der Waals surface area contributed by atoms with Crippen LogP contribution in [-0.2, 0) is 0 Å². The molecule has 0 saturated heterocycles. The van der Waals surface area contributed by atoms with Gasteiger partial charge in [0.05, 0.1) is 0 Å². The molecule has 0 amide bonds. The van der Waals surface area contributed by atoms with Crippen molar-refractivity contribution in [2.24, 2.45) is 0 Å². The predicted octanol–water partition coefficient (Wildman–Crippen LogP) is 1.99. The maximum absolute atomic E-state index is 2.31. The van der Waals surface area contributed by atoms with Crippen molar-refractivity contribution in [3.05, 3.63) is 0 Å². The van der Waals surface area contributed by atoms with E-state index in [0.29, 0.717) is 0 Å². The summed E-state index contributed by atoms with van der Waals surface area (Å²) in [4.78, 5) is 0. The molecule has 5 heavy (non-hydrogen) atoms. The van der Waals surface area contributed by atoms with Crippen LogP contribution >= 0.6 is 24.0 Å². The van der Waals surface area contributed by atoms with Gasteiger partial charge in [-0.15, -0.1) is 24.0 Å². The molecule has 0 atom stereocenters. The zero-order chi connectivity index (χ0) is 3.58. The Hall–Kier alpha value is 1.29. The van der Waals surface area contributed by atoms with E-state index in [1.165, 1.54) is 0 Å². The molecule has 0 nitrogen and oxygen atoms in total. The maximum Gasteiger partial charge on any atom is -0.107 e. The Morgan fingerprint density at radius 3 is 1.00 bits per heavy atom. The van der Waals surface area contributed by atoms with Gasteiger partial charge in [-0.3, -0.25) is 0 Å². The van der Waals surface area contributed by atoms with Crippen LogP contribution in [-0.4, -0.2) is 14.7 Å². The van der Waals surface area contributed by atoms with Gasteiger partial charge in [-0.2, -0.15) is 0 Å². The number of hydrogen-bond acceptors (Lipinski definition) is 0. The van der Waals surface area contributed by atoms with Gasteiger partial charge in [0, 0.05) is 0 Å². The van der Waals surface area contributed by atoms with E-state index in [1.807, 2.05) is 0 Å². The van der Waals surface area contributed by atoms with Crippen molar-refractivity contribution in [1.82, 2.24) is 0 Å². The van der Waals surface area contributed by atoms with E-state index in [0.717, 1.165) is 0 Å². The van der Waals surface area contributed by atoms with Gasteiger partial charge in [-0.25, -0.2) is 0 Å². The van der Waals surface area contributed by atoms with E-state index in [4.69, 9.17) is 0 Å². The van der Waals surface area contributed by atoms with Crippen LogP contribution < -0.4 is 0 Å². The predicted molar refractivity (Wildman–Crippen MR) is 38.8 cm³/mol. The van der Waals surface area contributed by atoms with Crippen molar-refractivity contribution in [2.75, 3.05) is 0 Å². The Morgan fingerprint density at radius 2 is 1.00 bits per heavy atom. The van der Waals surface area contributed by atoms with Gasteiger partial charge >= 0.3 is 31.8 Å². The molecule has 0 aromatic rings. The summed E-state index contributed by atoms with van der Waals surface area (Å²) in [6.45, 7) is 0. The molecule has 0 aliphatic heterocycles. The van der Waals surface area contributed by atoms with Crippen LogP contribution in [0.3, 0.4) is 0 Å². The molecule has 0 aliphatic carbocycles. The van der Waals surface area contributed by atoms with Crippen LogP contribution in [0.1, 0.15) is 0 Å². The van der Waals surface area contributed by atoms with Crippen LogP contribution in [0.15, 0.2) is 0 Å². The SMILES string of the molecule is C[As](C)C.I. The minimum atomic E-state index is -0.188. The van der Waals surface area contributed by atoms with Gasteiger partial charge in [-0.05, 0) is 0 Å². The first-order chi connectivity index (χ1) is 1.73. The van der Waals surface area contributed by atoms with E-state index in [1.54, 1.807) is 0 Å². The smallest absolute Gasteiger partial charge is 0.107 e. The molecular formula is C3H10AsI. The van der Waals surface area contributed by atoms with Crippen molar-refractivity contribution in [3.63, 3.8) is 0 Å². The Labute approximate surface area is 55.6 Å². The molecule has 0 N–H and O–H groups in total. The van der Waals surface area contributed by atoms with Gasteiger partial charge in [0.1, 0.15) is 0 Å². The summed E-state index contributed by atoms with van der Waals surface area (Å²) in [5.74, 6) is 0. The first kappa shape index (κ1) is 9.56. The first-order valence-electron chi connectivity index (χ1n) is 1.34. The molecule has 0 unspecified atom stereocenters. The standard InChI is InChI=1S/C3H9As.HI/c1-4(2)3;/h1-3H3;1H. The van der Waals surface area contributed by atoms with Gasteiger partial charge in [0.2, 0.25) is 0 Å². The third kappa shape index (κ3) is 34.4. The quantitative estimate of drug-likeness (QED) is 0.454. The molecule has 0 radical (unpaired) electrons. The average Bonchev–Trinajstić information content (AvgIpc) is 0.811. The van der Waals surface area contributed by atoms with Crippen LogP contribution in [0, 0.1) is 0 Å². The van der Waals surface area contributed by atoms with E-state index in [-0.39, 0.29) is 38.6 Å². The molecule has 0 fully saturated rings. The summed E-state index contributed by atoms with van der Waals surface area (Å²) >= 11 is -0.188. The number of rotatable bonds is 0.